The molecule has 2 amide bonds. The Morgan fingerprint density at radius 3 is 2.51 bits per heavy atom. The van der Waals surface area contributed by atoms with E-state index >= 15 is 0 Å². The van der Waals surface area contributed by atoms with Crippen LogP contribution in [-0.2, 0) is 29.0 Å². The number of methoxy groups -OCH3 is 1. The molecule has 5 rings (SSSR count). The van der Waals surface area contributed by atoms with Crippen molar-refractivity contribution in [2.45, 2.75) is 64.6 Å². The van der Waals surface area contributed by atoms with Crippen LogP contribution in [0.3, 0.4) is 0 Å². The summed E-state index contributed by atoms with van der Waals surface area (Å²) in [6, 6.07) is 9.55. The molecule has 3 heterocycles. The lowest BCUT2D eigenvalue weighted by Gasteiger charge is -2.38. The SMILES string of the molecule is CC[C@@H](C)n1c(=O)c(-c2cccc(F)c2Cl)cn(CC(=O)N2CCC(N3CCc4cc(OC)ccc4CC3=O)CC2)c1=O. The minimum Gasteiger partial charge on any atom is -0.497 e. The number of carbonyl (C=O) groups excluding carboxylic acids is 2. The van der Waals surface area contributed by atoms with Crippen LogP contribution in [0.2, 0.25) is 5.02 Å². The molecule has 1 atom stereocenters. The smallest absolute Gasteiger partial charge is 0.331 e. The van der Waals surface area contributed by atoms with Crippen LogP contribution in [0.1, 0.15) is 50.3 Å². The van der Waals surface area contributed by atoms with Gasteiger partial charge in [0.05, 0.1) is 24.1 Å². The summed E-state index contributed by atoms with van der Waals surface area (Å²) in [5.74, 6) is -0.0999. The third-order valence-electron chi connectivity index (χ3n) is 8.72. The van der Waals surface area contributed by atoms with Crippen LogP contribution in [-0.4, -0.2) is 63.5 Å². The van der Waals surface area contributed by atoms with E-state index in [1.165, 1.54) is 29.0 Å². The van der Waals surface area contributed by atoms with E-state index in [4.69, 9.17) is 16.3 Å². The number of hydrogen-bond donors (Lipinski definition) is 0. The molecule has 228 valence electrons. The number of aromatic nitrogens is 2. The number of amides is 2. The van der Waals surface area contributed by atoms with Gasteiger partial charge in [0.1, 0.15) is 18.1 Å². The fraction of sp³-hybridized carbons (Fsp3) is 0.438. The van der Waals surface area contributed by atoms with E-state index in [0.29, 0.717) is 45.3 Å². The van der Waals surface area contributed by atoms with Gasteiger partial charge >= 0.3 is 5.69 Å². The van der Waals surface area contributed by atoms with Crippen LogP contribution < -0.4 is 16.0 Å². The maximum atomic E-state index is 14.3. The third-order valence-corrected chi connectivity index (χ3v) is 9.10. The largest absolute Gasteiger partial charge is 0.497 e. The Balaban J connectivity index is 1.32. The molecule has 2 aromatic carbocycles. The first-order valence-corrected chi connectivity index (χ1v) is 15.0. The van der Waals surface area contributed by atoms with Gasteiger partial charge in [0.15, 0.2) is 0 Å². The van der Waals surface area contributed by atoms with Gasteiger partial charge in [-0.1, -0.05) is 36.7 Å². The summed E-state index contributed by atoms with van der Waals surface area (Å²) in [6.45, 7) is 4.81. The van der Waals surface area contributed by atoms with Crippen LogP contribution in [0.4, 0.5) is 4.39 Å². The minimum atomic E-state index is -0.683. The Bertz CT molecular complexity index is 1660. The van der Waals surface area contributed by atoms with E-state index in [1.54, 1.807) is 18.9 Å². The fourth-order valence-corrected chi connectivity index (χ4v) is 6.25. The van der Waals surface area contributed by atoms with E-state index < -0.39 is 23.1 Å². The molecule has 0 saturated carbocycles. The van der Waals surface area contributed by atoms with Gasteiger partial charge < -0.3 is 14.5 Å². The number of likely N-dealkylation sites (tertiary alicyclic amines) is 1. The van der Waals surface area contributed by atoms with Crippen molar-refractivity contribution in [2.75, 3.05) is 26.7 Å². The number of ether oxygens (including phenoxy) is 1. The molecule has 0 N–H and O–H groups in total. The summed E-state index contributed by atoms with van der Waals surface area (Å²) in [6.07, 6.45) is 4.14. The lowest BCUT2D eigenvalue weighted by Crippen LogP contribution is -2.50. The van der Waals surface area contributed by atoms with E-state index in [9.17, 15) is 23.6 Å². The number of hydrogen-bond acceptors (Lipinski definition) is 5. The van der Waals surface area contributed by atoms with Gasteiger partial charge in [0, 0.05) is 43.5 Å². The van der Waals surface area contributed by atoms with Crippen LogP contribution in [0.15, 0.2) is 52.2 Å². The van der Waals surface area contributed by atoms with Crippen LogP contribution in [0, 0.1) is 5.82 Å². The Kier molecular flexibility index (Phi) is 9.05. The maximum absolute atomic E-state index is 14.3. The van der Waals surface area contributed by atoms with Crippen molar-refractivity contribution < 1.29 is 18.7 Å². The zero-order valence-corrected chi connectivity index (χ0v) is 25.4. The number of rotatable bonds is 7. The first-order chi connectivity index (χ1) is 20.6. The zero-order valence-electron chi connectivity index (χ0n) is 24.6. The van der Waals surface area contributed by atoms with Crippen LogP contribution in [0.25, 0.3) is 11.1 Å². The van der Waals surface area contributed by atoms with Gasteiger partial charge in [-0.05, 0) is 61.9 Å². The molecule has 1 fully saturated rings. The minimum absolute atomic E-state index is 0.0181. The number of piperidine rings is 1. The second-order valence-corrected chi connectivity index (χ2v) is 11.6. The second-order valence-electron chi connectivity index (χ2n) is 11.2. The Hall–Kier alpha value is -3.92. The molecule has 0 aliphatic carbocycles. The summed E-state index contributed by atoms with van der Waals surface area (Å²) in [5, 5.41) is -0.223. The molecule has 43 heavy (non-hydrogen) atoms. The summed E-state index contributed by atoms with van der Waals surface area (Å²) in [7, 11) is 1.63. The van der Waals surface area contributed by atoms with Gasteiger partial charge in [-0.25, -0.2) is 9.18 Å². The topological polar surface area (TPSA) is 93.8 Å². The van der Waals surface area contributed by atoms with E-state index in [1.807, 2.05) is 30.0 Å². The second kappa shape index (κ2) is 12.8. The van der Waals surface area contributed by atoms with Crippen molar-refractivity contribution in [3.63, 3.8) is 0 Å². The Morgan fingerprint density at radius 2 is 1.81 bits per heavy atom. The molecular formula is C32H36ClFN4O5. The molecular weight excluding hydrogens is 575 g/mol. The predicted molar refractivity (Wildman–Crippen MR) is 162 cm³/mol. The van der Waals surface area contributed by atoms with Crippen LogP contribution in [0.5, 0.6) is 5.75 Å². The predicted octanol–water partition coefficient (Wildman–Crippen LogP) is 4.07. The molecule has 1 aromatic heterocycles. The molecule has 0 bridgehead atoms. The van der Waals surface area contributed by atoms with Crippen molar-refractivity contribution in [1.82, 2.24) is 18.9 Å². The highest BCUT2D eigenvalue weighted by Crippen LogP contribution is 2.28. The van der Waals surface area contributed by atoms with Crippen molar-refractivity contribution >= 4 is 23.4 Å². The number of fused-ring (bicyclic) bond motifs is 1. The number of carbonyl (C=O) groups is 2. The van der Waals surface area contributed by atoms with Gasteiger partial charge in [-0.15, -0.1) is 0 Å². The standard InChI is InChI=1S/C32H36ClFN4O5/c1-4-20(2)38-31(41)26(25-6-5-7-27(34)30(25)33)18-36(32(38)42)19-29(40)35-13-11-23(12-14-35)37-15-10-22-16-24(43-3)9-8-21(22)17-28(37)39/h5-9,16,18,20,23H,4,10-15,17,19H2,1-3H3/t20-/m1/s1. The molecule has 0 unspecified atom stereocenters. The number of nitrogens with zero attached hydrogens (tertiary/aromatic N) is 4. The highest BCUT2D eigenvalue weighted by Gasteiger charge is 2.32. The quantitative estimate of drug-likeness (QED) is 0.402. The van der Waals surface area contributed by atoms with Gasteiger partial charge in [-0.3, -0.25) is 23.5 Å². The maximum Gasteiger partial charge on any atom is 0.331 e. The summed E-state index contributed by atoms with van der Waals surface area (Å²) in [5.41, 5.74) is 1.15. The lowest BCUT2D eigenvalue weighted by atomic mass is 10.0. The van der Waals surface area contributed by atoms with Gasteiger partial charge in [0.2, 0.25) is 11.8 Å². The van der Waals surface area contributed by atoms with Crippen molar-refractivity contribution in [3.8, 4) is 16.9 Å². The van der Waals surface area contributed by atoms with Crippen molar-refractivity contribution in [2.24, 2.45) is 0 Å². The fourth-order valence-electron chi connectivity index (χ4n) is 6.03. The molecule has 11 heteroatoms. The van der Waals surface area contributed by atoms with Crippen molar-refractivity contribution in [3.05, 3.63) is 85.4 Å². The summed E-state index contributed by atoms with van der Waals surface area (Å²) in [4.78, 5) is 57.0. The summed E-state index contributed by atoms with van der Waals surface area (Å²) >= 11 is 6.20. The first-order valence-electron chi connectivity index (χ1n) is 14.7. The van der Waals surface area contributed by atoms with Crippen molar-refractivity contribution in [1.29, 1.82) is 0 Å². The molecule has 0 radical (unpaired) electrons. The average Bonchev–Trinajstić information content (AvgIpc) is 3.17. The first kappa shape index (κ1) is 30.5. The number of halogens is 2. The van der Waals surface area contributed by atoms with Gasteiger partial charge in [0.25, 0.3) is 5.56 Å². The third kappa shape index (κ3) is 6.11. The molecule has 2 aliphatic heterocycles. The highest BCUT2D eigenvalue weighted by atomic mass is 35.5. The molecule has 0 spiro atoms. The molecule has 1 saturated heterocycles. The summed E-state index contributed by atoms with van der Waals surface area (Å²) < 4.78 is 21.9. The highest BCUT2D eigenvalue weighted by molar-refractivity contribution is 6.33. The Morgan fingerprint density at radius 1 is 1.07 bits per heavy atom. The van der Waals surface area contributed by atoms with E-state index in [0.717, 1.165) is 27.9 Å². The normalized spacial score (nSPS) is 16.5. The zero-order chi connectivity index (χ0) is 30.8. The molecule has 3 aromatic rings. The lowest BCUT2D eigenvalue weighted by molar-refractivity contribution is -0.136. The Labute approximate surface area is 254 Å². The number of benzene rings is 2. The monoisotopic (exact) mass is 610 g/mol. The van der Waals surface area contributed by atoms with Crippen LogP contribution >= 0.6 is 11.6 Å². The molecule has 9 nitrogen and oxygen atoms in total. The average molecular weight is 611 g/mol. The van der Waals surface area contributed by atoms with E-state index in [2.05, 4.69) is 0 Å². The van der Waals surface area contributed by atoms with E-state index in [-0.39, 0.29) is 40.6 Å². The molecule has 2 aliphatic rings. The van der Waals surface area contributed by atoms with Gasteiger partial charge in [-0.2, -0.15) is 0 Å².